The van der Waals surface area contributed by atoms with Gasteiger partial charge in [-0.25, -0.2) is 21.2 Å². The van der Waals surface area contributed by atoms with Crippen LogP contribution >= 0.6 is 0 Å². The Morgan fingerprint density at radius 1 is 1.20 bits per heavy atom. The first-order chi connectivity index (χ1) is 11.9. The molecule has 0 radical (unpaired) electrons. The molecule has 0 unspecified atom stereocenters. The van der Waals surface area contributed by atoms with Gasteiger partial charge in [0.15, 0.2) is 0 Å². The van der Waals surface area contributed by atoms with Crippen LogP contribution in [-0.4, -0.2) is 24.4 Å². The Hall–Kier alpha value is -2.58. The molecule has 1 N–H and O–H groups in total. The summed E-state index contributed by atoms with van der Waals surface area (Å²) in [5.41, 5.74) is 0.537. The minimum absolute atomic E-state index is 0.0420. The van der Waals surface area contributed by atoms with Crippen LogP contribution in [-0.2, 0) is 16.6 Å². The van der Waals surface area contributed by atoms with Gasteiger partial charge in [-0.3, -0.25) is 4.98 Å². The van der Waals surface area contributed by atoms with Crippen LogP contribution in [0.3, 0.4) is 0 Å². The zero-order valence-corrected chi connectivity index (χ0v) is 14.1. The zero-order chi connectivity index (χ0) is 18.0. The molecule has 5 nitrogen and oxygen atoms in total. The van der Waals surface area contributed by atoms with Crippen molar-refractivity contribution >= 4 is 10.0 Å². The topological polar surface area (TPSA) is 64.0 Å². The molecule has 0 aliphatic carbocycles. The summed E-state index contributed by atoms with van der Waals surface area (Å²) in [6.07, 6.45) is 4.05. The van der Waals surface area contributed by atoms with E-state index in [0.29, 0.717) is 12.1 Å². The molecule has 3 rings (SSSR count). The maximum absolute atomic E-state index is 14.2. The van der Waals surface area contributed by atoms with E-state index in [1.807, 2.05) is 0 Å². The minimum Gasteiger partial charge on any atom is -0.316 e. The highest BCUT2D eigenvalue weighted by Gasteiger charge is 2.23. The van der Waals surface area contributed by atoms with Crippen LogP contribution in [0.5, 0.6) is 0 Å². The van der Waals surface area contributed by atoms with Crippen molar-refractivity contribution in [3.8, 4) is 11.3 Å². The van der Waals surface area contributed by atoms with E-state index in [0.717, 1.165) is 22.2 Å². The normalized spacial score (nSPS) is 11.6. The molecule has 0 bridgehead atoms. The SMILES string of the molecule is CNCc1cc(-c2cc(F)ccc2F)n(S(=O)(=O)c2cccnc2)c1. The Balaban J connectivity index is 2.25. The molecule has 0 fully saturated rings. The number of aromatic nitrogens is 2. The zero-order valence-electron chi connectivity index (χ0n) is 13.3. The Kier molecular flexibility index (Phi) is 4.65. The van der Waals surface area contributed by atoms with Crippen molar-refractivity contribution in [1.82, 2.24) is 14.3 Å². The summed E-state index contributed by atoms with van der Waals surface area (Å²) in [6.45, 7) is 0.374. The van der Waals surface area contributed by atoms with Gasteiger partial charge in [-0.2, -0.15) is 0 Å². The Labute approximate surface area is 144 Å². The Morgan fingerprint density at radius 3 is 2.68 bits per heavy atom. The molecular formula is C17H15F2N3O2S. The first-order valence-corrected chi connectivity index (χ1v) is 8.84. The maximum Gasteiger partial charge on any atom is 0.269 e. The molecule has 8 heteroatoms. The fourth-order valence-corrected chi connectivity index (χ4v) is 3.86. The summed E-state index contributed by atoms with van der Waals surface area (Å²) in [5.74, 6) is -1.36. The molecule has 130 valence electrons. The van der Waals surface area contributed by atoms with Crippen LogP contribution in [0.2, 0.25) is 0 Å². The fourth-order valence-electron chi connectivity index (χ4n) is 2.50. The number of pyridine rings is 1. The maximum atomic E-state index is 14.2. The predicted octanol–water partition coefficient (Wildman–Crippen LogP) is 2.78. The smallest absolute Gasteiger partial charge is 0.269 e. The van der Waals surface area contributed by atoms with E-state index in [1.54, 1.807) is 7.05 Å². The molecule has 0 atom stereocenters. The molecular weight excluding hydrogens is 348 g/mol. The van der Waals surface area contributed by atoms with Crippen molar-refractivity contribution in [2.45, 2.75) is 11.4 Å². The number of hydrogen-bond acceptors (Lipinski definition) is 4. The van der Waals surface area contributed by atoms with E-state index in [1.165, 1.54) is 36.8 Å². The van der Waals surface area contributed by atoms with Gasteiger partial charge in [-0.1, -0.05) is 0 Å². The van der Waals surface area contributed by atoms with Crippen molar-refractivity contribution in [3.05, 3.63) is 72.2 Å². The molecule has 3 aromatic rings. The molecule has 1 aromatic carbocycles. The second-order valence-corrected chi connectivity index (χ2v) is 7.19. The number of nitrogens with zero attached hydrogens (tertiary/aromatic N) is 2. The molecule has 0 aliphatic rings. The van der Waals surface area contributed by atoms with Crippen molar-refractivity contribution < 1.29 is 17.2 Å². The van der Waals surface area contributed by atoms with Crippen LogP contribution < -0.4 is 5.32 Å². The number of benzene rings is 1. The number of rotatable bonds is 5. The number of halogens is 2. The van der Waals surface area contributed by atoms with Crippen molar-refractivity contribution in [1.29, 1.82) is 0 Å². The first kappa shape index (κ1) is 17.2. The third-order valence-corrected chi connectivity index (χ3v) is 5.28. The molecule has 0 amide bonds. The van der Waals surface area contributed by atoms with E-state index in [4.69, 9.17) is 0 Å². The largest absolute Gasteiger partial charge is 0.316 e. The van der Waals surface area contributed by atoms with Crippen LogP contribution in [0.4, 0.5) is 8.78 Å². The lowest BCUT2D eigenvalue weighted by atomic mass is 10.1. The Morgan fingerprint density at radius 2 is 2.00 bits per heavy atom. The summed E-state index contributed by atoms with van der Waals surface area (Å²) in [5, 5.41) is 2.90. The third-order valence-electron chi connectivity index (χ3n) is 3.62. The second-order valence-electron chi connectivity index (χ2n) is 5.38. The summed E-state index contributed by atoms with van der Waals surface area (Å²) >= 11 is 0. The molecule has 0 saturated heterocycles. The summed E-state index contributed by atoms with van der Waals surface area (Å²) in [6, 6.07) is 7.33. The summed E-state index contributed by atoms with van der Waals surface area (Å²) in [7, 11) is -2.30. The van der Waals surface area contributed by atoms with E-state index in [9.17, 15) is 17.2 Å². The van der Waals surface area contributed by atoms with Gasteiger partial charge >= 0.3 is 0 Å². The van der Waals surface area contributed by atoms with Crippen molar-refractivity contribution in [3.63, 3.8) is 0 Å². The number of nitrogens with one attached hydrogen (secondary N) is 1. The monoisotopic (exact) mass is 363 g/mol. The average Bonchev–Trinajstić information content (AvgIpc) is 3.03. The predicted molar refractivity (Wildman–Crippen MR) is 89.4 cm³/mol. The van der Waals surface area contributed by atoms with E-state index in [2.05, 4.69) is 10.3 Å². The van der Waals surface area contributed by atoms with Crippen molar-refractivity contribution in [2.24, 2.45) is 0 Å². The second kappa shape index (κ2) is 6.73. The minimum atomic E-state index is -4.01. The highest BCUT2D eigenvalue weighted by atomic mass is 32.2. The first-order valence-electron chi connectivity index (χ1n) is 7.40. The summed E-state index contributed by atoms with van der Waals surface area (Å²) < 4.78 is 54.6. The lowest BCUT2D eigenvalue weighted by Gasteiger charge is -2.11. The van der Waals surface area contributed by atoms with Gasteiger partial charge in [-0.05, 0) is 49.0 Å². The van der Waals surface area contributed by atoms with Gasteiger partial charge in [0.2, 0.25) is 0 Å². The van der Waals surface area contributed by atoms with Crippen LogP contribution in [0.1, 0.15) is 5.56 Å². The average molecular weight is 363 g/mol. The highest BCUT2D eigenvalue weighted by molar-refractivity contribution is 7.90. The molecule has 2 heterocycles. The standard InChI is InChI=1S/C17H15F2N3O2S/c1-20-9-12-7-17(15-8-13(18)4-5-16(15)19)22(11-12)25(23,24)14-3-2-6-21-10-14/h2-8,10-11,20H,9H2,1H3. The quantitative estimate of drug-likeness (QED) is 0.757. The van der Waals surface area contributed by atoms with Gasteiger partial charge in [0.25, 0.3) is 10.0 Å². The molecule has 2 aromatic heterocycles. The number of hydrogen-bond donors (Lipinski definition) is 1. The van der Waals surface area contributed by atoms with Gasteiger partial charge in [-0.15, -0.1) is 0 Å². The van der Waals surface area contributed by atoms with Gasteiger partial charge < -0.3 is 5.32 Å². The lowest BCUT2D eigenvalue weighted by Crippen LogP contribution is -2.14. The molecule has 0 spiro atoms. The van der Waals surface area contributed by atoms with Crippen LogP contribution in [0.15, 0.2) is 59.9 Å². The van der Waals surface area contributed by atoms with E-state index < -0.39 is 21.7 Å². The van der Waals surface area contributed by atoms with Gasteiger partial charge in [0, 0.05) is 30.7 Å². The molecule has 25 heavy (non-hydrogen) atoms. The van der Waals surface area contributed by atoms with Gasteiger partial charge in [0.05, 0.1) is 5.69 Å². The fraction of sp³-hybridized carbons (Fsp3) is 0.118. The van der Waals surface area contributed by atoms with Crippen LogP contribution in [0.25, 0.3) is 11.3 Å². The van der Waals surface area contributed by atoms with Gasteiger partial charge in [0.1, 0.15) is 16.5 Å². The Bertz CT molecular complexity index is 1000. The molecule has 0 saturated carbocycles. The highest BCUT2D eigenvalue weighted by Crippen LogP contribution is 2.29. The third kappa shape index (κ3) is 3.31. The van der Waals surface area contributed by atoms with Crippen molar-refractivity contribution in [2.75, 3.05) is 7.05 Å². The van der Waals surface area contributed by atoms with Crippen LogP contribution in [0, 0.1) is 11.6 Å². The van der Waals surface area contributed by atoms with E-state index >= 15 is 0 Å². The summed E-state index contributed by atoms with van der Waals surface area (Å²) in [4.78, 5) is 3.77. The lowest BCUT2D eigenvalue weighted by molar-refractivity contribution is 0.586. The van der Waals surface area contributed by atoms with E-state index in [-0.39, 0.29) is 16.2 Å². The molecule has 0 aliphatic heterocycles.